The molecule has 3 aromatic rings. The summed E-state index contributed by atoms with van der Waals surface area (Å²) in [4.78, 5) is 11.1. The Kier molecular flexibility index (Phi) is 4.61. The highest BCUT2D eigenvalue weighted by atomic mass is 16.5. The topological polar surface area (TPSA) is 80.2 Å². The Morgan fingerprint density at radius 3 is 2.62 bits per heavy atom. The Hall–Kier alpha value is -2.67. The second-order valence-electron chi connectivity index (χ2n) is 5.93. The van der Waals surface area contributed by atoms with E-state index in [0.29, 0.717) is 23.2 Å². The van der Waals surface area contributed by atoms with Gasteiger partial charge in [0.05, 0.1) is 11.3 Å². The molecule has 0 unspecified atom stereocenters. The van der Waals surface area contributed by atoms with E-state index in [4.69, 9.17) is 8.94 Å². The van der Waals surface area contributed by atoms with Gasteiger partial charge in [0.1, 0.15) is 11.5 Å². The SMILES string of the molecule is Cc1cc(-c2cnc(NCCN(C)C)nc2-c2ccc(C)o2)on1. The maximum Gasteiger partial charge on any atom is 0.223 e. The van der Waals surface area contributed by atoms with Crippen molar-refractivity contribution in [3.8, 4) is 22.8 Å². The molecule has 126 valence electrons. The number of aryl methyl sites for hydroxylation is 2. The molecule has 0 fully saturated rings. The molecule has 0 atom stereocenters. The van der Waals surface area contributed by atoms with Gasteiger partial charge in [-0.3, -0.25) is 0 Å². The lowest BCUT2D eigenvalue weighted by atomic mass is 10.1. The van der Waals surface area contributed by atoms with E-state index < -0.39 is 0 Å². The van der Waals surface area contributed by atoms with Crippen LogP contribution in [0.25, 0.3) is 22.8 Å². The van der Waals surface area contributed by atoms with Crippen molar-refractivity contribution in [1.82, 2.24) is 20.0 Å². The van der Waals surface area contributed by atoms with E-state index in [1.165, 1.54) is 0 Å². The molecular formula is C17H21N5O2. The van der Waals surface area contributed by atoms with Gasteiger partial charge in [0, 0.05) is 25.4 Å². The van der Waals surface area contributed by atoms with Gasteiger partial charge >= 0.3 is 0 Å². The van der Waals surface area contributed by atoms with E-state index in [1.807, 2.05) is 46.1 Å². The molecule has 0 bridgehead atoms. The summed E-state index contributed by atoms with van der Waals surface area (Å²) in [7, 11) is 4.05. The minimum atomic E-state index is 0.556. The summed E-state index contributed by atoms with van der Waals surface area (Å²) >= 11 is 0. The van der Waals surface area contributed by atoms with Crippen molar-refractivity contribution in [3.63, 3.8) is 0 Å². The summed E-state index contributed by atoms with van der Waals surface area (Å²) in [6.07, 6.45) is 1.73. The van der Waals surface area contributed by atoms with Crippen molar-refractivity contribution < 1.29 is 8.94 Å². The average Bonchev–Trinajstić information content (AvgIpc) is 3.15. The summed E-state index contributed by atoms with van der Waals surface area (Å²) in [5.41, 5.74) is 2.24. The van der Waals surface area contributed by atoms with Crippen molar-refractivity contribution in [2.75, 3.05) is 32.5 Å². The van der Waals surface area contributed by atoms with Gasteiger partial charge in [-0.1, -0.05) is 5.16 Å². The lowest BCUT2D eigenvalue weighted by Crippen LogP contribution is -2.21. The highest BCUT2D eigenvalue weighted by Crippen LogP contribution is 2.32. The van der Waals surface area contributed by atoms with Crippen LogP contribution in [0.5, 0.6) is 0 Å². The zero-order chi connectivity index (χ0) is 17.1. The lowest BCUT2D eigenvalue weighted by Gasteiger charge is -2.11. The van der Waals surface area contributed by atoms with Crippen LogP contribution in [0, 0.1) is 13.8 Å². The standard InChI is InChI=1S/C17H21N5O2/c1-11-9-15(24-21-11)13-10-19-17(18-7-8-22(3)4)20-16(13)14-6-5-12(2)23-14/h5-6,9-10H,7-8H2,1-4H3,(H,18,19,20). The monoisotopic (exact) mass is 327 g/mol. The molecule has 0 amide bonds. The predicted octanol–water partition coefficient (Wildman–Crippen LogP) is 2.98. The van der Waals surface area contributed by atoms with Crippen LogP contribution in [0.2, 0.25) is 0 Å². The Morgan fingerprint density at radius 1 is 1.17 bits per heavy atom. The molecule has 24 heavy (non-hydrogen) atoms. The molecule has 0 aliphatic heterocycles. The maximum atomic E-state index is 5.75. The molecule has 0 radical (unpaired) electrons. The number of nitrogens with zero attached hydrogens (tertiary/aromatic N) is 4. The smallest absolute Gasteiger partial charge is 0.223 e. The van der Waals surface area contributed by atoms with Crippen LogP contribution in [0.4, 0.5) is 5.95 Å². The van der Waals surface area contributed by atoms with Crippen molar-refractivity contribution in [2.24, 2.45) is 0 Å². The van der Waals surface area contributed by atoms with Crippen LogP contribution >= 0.6 is 0 Å². The first-order valence-corrected chi connectivity index (χ1v) is 7.79. The van der Waals surface area contributed by atoms with Crippen LogP contribution in [-0.2, 0) is 0 Å². The molecule has 0 aliphatic rings. The van der Waals surface area contributed by atoms with Crippen molar-refractivity contribution >= 4 is 5.95 Å². The summed E-state index contributed by atoms with van der Waals surface area (Å²) < 4.78 is 11.1. The van der Waals surface area contributed by atoms with Gasteiger partial charge in [0.15, 0.2) is 11.5 Å². The molecule has 0 saturated carbocycles. The zero-order valence-electron chi connectivity index (χ0n) is 14.3. The van der Waals surface area contributed by atoms with E-state index in [1.54, 1.807) is 6.20 Å². The third-order valence-electron chi connectivity index (χ3n) is 3.50. The van der Waals surface area contributed by atoms with Gasteiger partial charge in [-0.05, 0) is 40.1 Å². The van der Waals surface area contributed by atoms with E-state index in [-0.39, 0.29) is 0 Å². The molecule has 0 aliphatic carbocycles. The second-order valence-corrected chi connectivity index (χ2v) is 5.93. The minimum absolute atomic E-state index is 0.556. The molecule has 3 heterocycles. The van der Waals surface area contributed by atoms with E-state index in [9.17, 15) is 0 Å². The number of likely N-dealkylation sites (N-methyl/N-ethyl adjacent to an activating group) is 1. The molecule has 3 rings (SSSR count). The number of hydrogen-bond acceptors (Lipinski definition) is 7. The molecule has 7 nitrogen and oxygen atoms in total. The van der Waals surface area contributed by atoms with Crippen LogP contribution in [0.1, 0.15) is 11.5 Å². The van der Waals surface area contributed by atoms with Gasteiger partial charge in [-0.15, -0.1) is 0 Å². The third-order valence-corrected chi connectivity index (χ3v) is 3.50. The largest absolute Gasteiger partial charge is 0.460 e. The molecule has 0 spiro atoms. The Labute approximate surface area is 140 Å². The third kappa shape index (κ3) is 3.62. The summed E-state index contributed by atoms with van der Waals surface area (Å²) in [6.45, 7) is 5.42. The van der Waals surface area contributed by atoms with Gasteiger partial charge < -0.3 is 19.2 Å². The molecular weight excluding hydrogens is 306 g/mol. The quantitative estimate of drug-likeness (QED) is 0.745. The molecule has 7 heteroatoms. The first kappa shape index (κ1) is 16.2. The Bertz CT molecular complexity index is 822. The summed E-state index contributed by atoms with van der Waals surface area (Å²) in [5.74, 6) is 2.68. The first-order chi connectivity index (χ1) is 11.5. The maximum absolute atomic E-state index is 5.75. The van der Waals surface area contributed by atoms with Crippen LogP contribution in [-0.4, -0.2) is 47.2 Å². The highest BCUT2D eigenvalue weighted by Gasteiger charge is 2.17. The number of nitrogens with one attached hydrogen (secondary N) is 1. The fraction of sp³-hybridized carbons (Fsp3) is 0.353. The molecule has 3 aromatic heterocycles. The first-order valence-electron chi connectivity index (χ1n) is 7.79. The van der Waals surface area contributed by atoms with Crippen molar-refractivity contribution in [2.45, 2.75) is 13.8 Å². The number of furan rings is 1. The average molecular weight is 327 g/mol. The Balaban J connectivity index is 1.96. The lowest BCUT2D eigenvalue weighted by molar-refractivity contribution is 0.424. The van der Waals surface area contributed by atoms with Gasteiger partial charge in [-0.2, -0.15) is 0 Å². The highest BCUT2D eigenvalue weighted by molar-refractivity contribution is 5.75. The van der Waals surface area contributed by atoms with Gasteiger partial charge in [-0.25, -0.2) is 9.97 Å². The molecule has 1 N–H and O–H groups in total. The summed E-state index contributed by atoms with van der Waals surface area (Å²) in [5, 5.41) is 7.17. The zero-order valence-corrected chi connectivity index (χ0v) is 14.3. The molecule has 0 aromatic carbocycles. The van der Waals surface area contributed by atoms with Crippen LogP contribution in [0.15, 0.2) is 33.3 Å². The molecule has 0 saturated heterocycles. The van der Waals surface area contributed by atoms with Crippen molar-refractivity contribution in [3.05, 3.63) is 35.9 Å². The fourth-order valence-corrected chi connectivity index (χ4v) is 2.28. The van der Waals surface area contributed by atoms with Crippen molar-refractivity contribution in [1.29, 1.82) is 0 Å². The number of aromatic nitrogens is 3. The van der Waals surface area contributed by atoms with E-state index in [0.717, 1.165) is 30.1 Å². The van der Waals surface area contributed by atoms with Crippen LogP contribution in [0.3, 0.4) is 0 Å². The Morgan fingerprint density at radius 2 is 2.00 bits per heavy atom. The second kappa shape index (κ2) is 6.84. The predicted molar refractivity (Wildman–Crippen MR) is 91.7 cm³/mol. The van der Waals surface area contributed by atoms with E-state index >= 15 is 0 Å². The normalized spacial score (nSPS) is 11.2. The number of hydrogen-bond donors (Lipinski definition) is 1. The van der Waals surface area contributed by atoms with Crippen LogP contribution < -0.4 is 5.32 Å². The minimum Gasteiger partial charge on any atom is -0.460 e. The number of rotatable bonds is 6. The van der Waals surface area contributed by atoms with Gasteiger partial charge in [0.25, 0.3) is 0 Å². The summed E-state index contributed by atoms with van der Waals surface area (Å²) in [6, 6.07) is 5.66. The fourth-order valence-electron chi connectivity index (χ4n) is 2.28. The van der Waals surface area contributed by atoms with E-state index in [2.05, 4.69) is 25.3 Å². The number of anilines is 1. The van der Waals surface area contributed by atoms with Gasteiger partial charge in [0.2, 0.25) is 5.95 Å².